The molecule has 0 aromatic heterocycles. The first kappa shape index (κ1) is 7.45. The molecule has 2 bridgehead atoms. The maximum absolute atomic E-state index is 9.38. The van der Waals surface area contributed by atoms with E-state index in [1.54, 1.807) is 0 Å². The summed E-state index contributed by atoms with van der Waals surface area (Å²) in [7, 11) is 0. The lowest BCUT2D eigenvalue weighted by Crippen LogP contribution is -2.44. The molecule has 2 aliphatic rings. The first-order valence-corrected chi connectivity index (χ1v) is 3.46. The highest BCUT2D eigenvalue weighted by Crippen LogP contribution is 2.38. The summed E-state index contributed by atoms with van der Waals surface area (Å²) in [5.74, 6) is 0. The molecule has 0 aliphatic carbocycles. The van der Waals surface area contributed by atoms with Gasteiger partial charge in [-0.1, -0.05) is 0 Å². The van der Waals surface area contributed by atoms with Crippen LogP contribution in [0.2, 0.25) is 0 Å². The van der Waals surface area contributed by atoms with E-state index in [0.29, 0.717) is 0 Å². The molecule has 0 radical (unpaired) electrons. The molecular weight excluding hydrogens is 152 g/mol. The van der Waals surface area contributed by atoms with Crippen molar-refractivity contribution < 1.29 is 24.8 Å². The van der Waals surface area contributed by atoms with Crippen LogP contribution in [0.15, 0.2) is 0 Å². The first-order valence-electron chi connectivity index (χ1n) is 3.46. The van der Waals surface area contributed by atoms with E-state index in [-0.39, 0.29) is 13.2 Å². The van der Waals surface area contributed by atoms with E-state index in [2.05, 4.69) is 0 Å². The highest BCUT2D eigenvalue weighted by molar-refractivity contribution is 5.05. The summed E-state index contributed by atoms with van der Waals surface area (Å²) < 4.78 is 9.93. The van der Waals surface area contributed by atoms with Gasteiger partial charge in [0, 0.05) is 0 Å². The molecule has 2 heterocycles. The summed E-state index contributed by atoms with van der Waals surface area (Å²) in [6, 6.07) is 0. The zero-order valence-corrected chi connectivity index (χ0v) is 5.80. The predicted molar refractivity (Wildman–Crippen MR) is 32.7 cm³/mol. The zero-order valence-electron chi connectivity index (χ0n) is 5.80. The second-order valence-electron chi connectivity index (χ2n) is 2.95. The lowest BCUT2D eigenvalue weighted by molar-refractivity contribution is -0.231. The smallest absolute Gasteiger partial charge is 0.184 e. The van der Waals surface area contributed by atoms with Gasteiger partial charge in [-0.05, 0) is 0 Å². The van der Waals surface area contributed by atoms with Crippen LogP contribution in [0.4, 0.5) is 0 Å². The van der Waals surface area contributed by atoms with Gasteiger partial charge in [0.2, 0.25) is 0 Å². The highest BCUT2D eigenvalue weighted by Gasteiger charge is 2.60. The molecule has 0 amide bonds. The fraction of sp³-hybridized carbons (Fsp3) is 1.00. The molecule has 0 spiro atoms. The molecule has 0 unspecified atom stereocenters. The molecule has 2 fully saturated rings. The SMILES string of the molecule is OC[C@@]12CO[C@@H]([C@H](O)O1)[C@@H]2O. The maximum atomic E-state index is 9.38. The van der Waals surface area contributed by atoms with Gasteiger partial charge in [-0.15, -0.1) is 0 Å². The van der Waals surface area contributed by atoms with Crippen molar-refractivity contribution in [2.45, 2.75) is 24.1 Å². The number of rotatable bonds is 1. The van der Waals surface area contributed by atoms with Gasteiger partial charge in [-0.3, -0.25) is 0 Å². The Hall–Kier alpha value is -0.200. The number of ether oxygens (including phenoxy) is 2. The van der Waals surface area contributed by atoms with Gasteiger partial charge >= 0.3 is 0 Å². The van der Waals surface area contributed by atoms with E-state index in [4.69, 9.17) is 19.7 Å². The average Bonchev–Trinajstić information content (AvgIpc) is 2.42. The quantitative estimate of drug-likeness (QED) is 0.409. The van der Waals surface area contributed by atoms with Crippen molar-refractivity contribution in [3.8, 4) is 0 Å². The number of fused-ring (bicyclic) bond motifs is 2. The van der Waals surface area contributed by atoms with Crippen LogP contribution in [0.1, 0.15) is 0 Å². The number of aliphatic hydroxyl groups excluding tert-OH is 3. The van der Waals surface area contributed by atoms with E-state index >= 15 is 0 Å². The Kier molecular flexibility index (Phi) is 1.45. The van der Waals surface area contributed by atoms with Crippen molar-refractivity contribution in [1.29, 1.82) is 0 Å². The van der Waals surface area contributed by atoms with Crippen molar-refractivity contribution in [1.82, 2.24) is 0 Å². The van der Waals surface area contributed by atoms with Crippen LogP contribution in [0.3, 0.4) is 0 Å². The summed E-state index contributed by atoms with van der Waals surface area (Å²) in [6.07, 6.45) is -2.71. The van der Waals surface area contributed by atoms with E-state index in [9.17, 15) is 5.11 Å². The van der Waals surface area contributed by atoms with Crippen LogP contribution in [0, 0.1) is 0 Å². The second kappa shape index (κ2) is 2.15. The molecule has 0 saturated carbocycles. The van der Waals surface area contributed by atoms with Gasteiger partial charge in [0.25, 0.3) is 0 Å². The van der Waals surface area contributed by atoms with Gasteiger partial charge in [-0.25, -0.2) is 0 Å². The van der Waals surface area contributed by atoms with Crippen molar-refractivity contribution in [2.24, 2.45) is 0 Å². The Morgan fingerprint density at radius 3 is 2.45 bits per heavy atom. The molecule has 64 valence electrons. The van der Waals surface area contributed by atoms with Crippen LogP contribution in [-0.4, -0.2) is 52.6 Å². The monoisotopic (exact) mass is 162 g/mol. The van der Waals surface area contributed by atoms with E-state index in [1.165, 1.54) is 0 Å². The summed E-state index contributed by atoms with van der Waals surface area (Å²) in [5, 5.41) is 27.3. The Morgan fingerprint density at radius 2 is 2.18 bits per heavy atom. The third-order valence-corrected chi connectivity index (χ3v) is 2.27. The Labute approximate surface area is 63.2 Å². The van der Waals surface area contributed by atoms with Crippen LogP contribution in [0.5, 0.6) is 0 Å². The average molecular weight is 162 g/mol. The van der Waals surface area contributed by atoms with Gasteiger partial charge in [0.1, 0.15) is 17.8 Å². The molecule has 0 aromatic carbocycles. The molecule has 2 aliphatic heterocycles. The van der Waals surface area contributed by atoms with Crippen molar-refractivity contribution in [3.63, 3.8) is 0 Å². The molecule has 5 nitrogen and oxygen atoms in total. The van der Waals surface area contributed by atoms with Crippen LogP contribution >= 0.6 is 0 Å². The predicted octanol–water partition coefficient (Wildman–Crippen LogP) is -2.17. The lowest BCUT2D eigenvalue weighted by Gasteiger charge is -2.26. The standard InChI is InChI=1S/C6H10O5/c7-1-6-2-10-3(4(6)8)5(9)11-6/h3-5,7-9H,1-2H2/t3-,4+,5-,6+/m1/s1. The summed E-state index contributed by atoms with van der Waals surface area (Å²) in [5.41, 5.74) is -1.08. The van der Waals surface area contributed by atoms with Crippen molar-refractivity contribution in [2.75, 3.05) is 13.2 Å². The molecule has 3 N–H and O–H groups in total. The minimum atomic E-state index is -1.11. The molecule has 2 rings (SSSR count). The Balaban J connectivity index is 2.24. The van der Waals surface area contributed by atoms with E-state index in [1.807, 2.05) is 0 Å². The number of aliphatic hydroxyl groups is 3. The minimum Gasteiger partial charge on any atom is -0.393 e. The van der Waals surface area contributed by atoms with E-state index < -0.39 is 24.1 Å². The molecular formula is C6H10O5. The normalized spacial score (nSPS) is 55.4. The van der Waals surface area contributed by atoms with Gasteiger partial charge < -0.3 is 24.8 Å². The fourth-order valence-corrected chi connectivity index (χ4v) is 1.54. The van der Waals surface area contributed by atoms with Crippen molar-refractivity contribution in [3.05, 3.63) is 0 Å². The lowest BCUT2D eigenvalue weighted by atomic mass is 10.0. The number of hydrogen-bond donors (Lipinski definition) is 3. The van der Waals surface area contributed by atoms with Crippen LogP contribution in [0.25, 0.3) is 0 Å². The van der Waals surface area contributed by atoms with Crippen LogP contribution < -0.4 is 0 Å². The van der Waals surface area contributed by atoms with Crippen LogP contribution in [-0.2, 0) is 9.47 Å². The largest absolute Gasteiger partial charge is 0.393 e. The molecule has 11 heavy (non-hydrogen) atoms. The second-order valence-corrected chi connectivity index (χ2v) is 2.95. The molecule has 2 saturated heterocycles. The Bertz CT molecular complexity index is 172. The highest BCUT2D eigenvalue weighted by atomic mass is 16.7. The van der Waals surface area contributed by atoms with Gasteiger partial charge in [0.15, 0.2) is 6.29 Å². The van der Waals surface area contributed by atoms with Gasteiger partial charge in [0.05, 0.1) is 13.2 Å². The first-order chi connectivity index (χ1) is 5.19. The fourth-order valence-electron chi connectivity index (χ4n) is 1.54. The third kappa shape index (κ3) is 0.771. The summed E-state index contributed by atoms with van der Waals surface area (Å²) in [6.45, 7) is -0.186. The summed E-state index contributed by atoms with van der Waals surface area (Å²) in [4.78, 5) is 0. The zero-order chi connectivity index (χ0) is 8.06. The molecule has 4 atom stereocenters. The third-order valence-electron chi connectivity index (χ3n) is 2.27. The maximum Gasteiger partial charge on any atom is 0.184 e. The number of hydrogen-bond acceptors (Lipinski definition) is 5. The topological polar surface area (TPSA) is 79.2 Å². The summed E-state index contributed by atoms with van der Waals surface area (Å²) >= 11 is 0. The Morgan fingerprint density at radius 1 is 1.45 bits per heavy atom. The van der Waals surface area contributed by atoms with Gasteiger partial charge in [-0.2, -0.15) is 0 Å². The molecule has 5 heteroatoms. The molecule has 0 aromatic rings. The van der Waals surface area contributed by atoms with Crippen molar-refractivity contribution >= 4 is 0 Å². The van der Waals surface area contributed by atoms with E-state index in [0.717, 1.165) is 0 Å². The minimum absolute atomic E-state index is 0.145.